The Bertz CT molecular complexity index is 740. The number of halogens is 1. The predicted octanol–water partition coefficient (Wildman–Crippen LogP) is 3.77. The molecule has 0 heterocycles. The van der Waals surface area contributed by atoms with Gasteiger partial charge in [-0.15, -0.1) is 5.11 Å². The first kappa shape index (κ1) is 16.0. The summed E-state index contributed by atoms with van der Waals surface area (Å²) in [5.74, 6) is 4.92. The molecule has 0 amide bonds. The van der Waals surface area contributed by atoms with Gasteiger partial charge in [0.15, 0.2) is 5.78 Å². The second-order valence-electron chi connectivity index (χ2n) is 4.74. The molecule has 0 bridgehead atoms. The zero-order chi connectivity index (χ0) is 16.1. The summed E-state index contributed by atoms with van der Waals surface area (Å²) in [5.41, 5.74) is 1.87. The smallest absolute Gasteiger partial charge is 0.195 e. The number of ketones is 2. The van der Waals surface area contributed by atoms with E-state index in [4.69, 9.17) is 5.84 Å². The maximum absolute atomic E-state index is 12.6. The van der Waals surface area contributed by atoms with Gasteiger partial charge < -0.3 is 5.84 Å². The third-order valence-corrected chi connectivity index (χ3v) is 3.60. The molecule has 5 nitrogen and oxygen atoms in total. The molecule has 0 saturated carbocycles. The number of hydrogen-bond acceptors (Lipinski definition) is 4. The van der Waals surface area contributed by atoms with Crippen molar-refractivity contribution in [3.05, 3.63) is 63.6 Å². The fourth-order valence-corrected chi connectivity index (χ4v) is 2.38. The standard InChI is InChI=1S/C16H14BrN3O2/c1-10(21)9-12-3-2-4-14(15(12)19-20-18)16(22)11-5-7-13(17)8-6-11/h2-8H,9H2,1H3,(H2,18,19). The average Bonchev–Trinajstić information content (AvgIpc) is 2.49. The van der Waals surface area contributed by atoms with Gasteiger partial charge in [-0.1, -0.05) is 33.3 Å². The highest BCUT2D eigenvalue weighted by Crippen LogP contribution is 2.28. The molecular formula is C16H14BrN3O2. The average molecular weight is 360 g/mol. The quantitative estimate of drug-likeness (QED) is 0.381. The van der Waals surface area contributed by atoms with Crippen LogP contribution in [0.5, 0.6) is 0 Å². The van der Waals surface area contributed by atoms with Crippen LogP contribution < -0.4 is 5.84 Å². The van der Waals surface area contributed by atoms with Crippen LogP contribution in [0.4, 0.5) is 5.69 Å². The van der Waals surface area contributed by atoms with Crippen molar-refractivity contribution in [3.8, 4) is 0 Å². The zero-order valence-corrected chi connectivity index (χ0v) is 13.5. The van der Waals surface area contributed by atoms with Crippen LogP contribution in [0.25, 0.3) is 0 Å². The molecule has 0 radical (unpaired) electrons. The third-order valence-electron chi connectivity index (χ3n) is 3.07. The van der Waals surface area contributed by atoms with E-state index in [1.54, 1.807) is 42.5 Å². The van der Waals surface area contributed by atoms with E-state index in [2.05, 4.69) is 26.3 Å². The number of nitrogens with zero attached hydrogens (tertiary/aromatic N) is 2. The zero-order valence-electron chi connectivity index (χ0n) is 11.9. The molecule has 0 atom stereocenters. The first-order valence-electron chi connectivity index (χ1n) is 6.55. The lowest BCUT2D eigenvalue weighted by molar-refractivity contribution is -0.116. The number of benzene rings is 2. The van der Waals surface area contributed by atoms with Gasteiger partial charge in [-0.05, 0) is 42.8 Å². The van der Waals surface area contributed by atoms with E-state index in [1.807, 2.05) is 0 Å². The Labute approximate surface area is 136 Å². The number of rotatable bonds is 5. The van der Waals surface area contributed by atoms with Crippen molar-refractivity contribution in [1.29, 1.82) is 0 Å². The molecule has 2 N–H and O–H groups in total. The molecule has 22 heavy (non-hydrogen) atoms. The molecule has 2 aromatic carbocycles. The van der Waals surface area contributed by atoms with E-state index in [9.17, 15) is 9.59 Å². The molecule has 112 valence electrons. The molecule has 0 aromatic heterocycles. The fraction of sp³-hybridized carbons (Fsp3) is 0.125. The van der Waals surface area contributed by atoms with Crippen LogP contribution in [0, 0.1) is 0 Å². The van der Waals surface area contributed by atoms with Crippen LogP contribution in [0.1, 0.15) is 28.4 Å². The highest BCUT2D eigenvalue weighted by Gasteiger charge is 2.17. The number of Topliss-reactive ketones (excluding diaryl/α,β-unsaturated/α-hetero) is 1. The van der Waals surface area contributed by atoms with E-state index in [-0.39, 0.29) is 18.0 Å². The van der Waals surface area contributed by atoms with E-state index < -0.39 is 0 Å². The van der Waals surface area contributed by atoms with E-state index in [1.165, 1.54) is 6.92 Å². The summed E-state index contributed by atoms with van der Waals surface area (Å²) < 4.78 is 0.885. The van der Waals surface area contributed by atoms with Crippen molar-refractivity contribution in [1.82, 2.24) is 0 Å². The highest BCUT2D eigenvalue weighted by molar-refractivity contribution is 9.10. The van der Waals surface area contributed by atoms with Gasteiger partial charge >= 0.3 is 0 Å². The molecule has 0 fully saturated rings. The van der Waals surface area contributed by atoms with E-state index in [0.29, 0.717) is 22.4 Å². The van der Waals surface area contributed by atoms with Crippen molar-refractivity contribution >= 4 is 33.2 Å². The highest BCUT2D eigenvalue weighted by atomic mass is 79.9. The summed E-state index contributed by atoms with van der Waals surface area (Å²) in [6.07, 6.45) is 0.176. The Hall–Kier alpha value is -2.34. The maximum atomic E-state index is 12.6. The monoisotopic (exact) mass is 359 g/mol. The molecule has 2 rings (SSSR count). The SMILES string of the molecule is CC(=O)Cc1cccc(C(=O)c2ccc(Br)cc2)c1N=NN. The molecule has 0 unspecified atom stereocenters. The van der Waals surface area contributed by atoms with Crippen molar-refractivity contribution < 1.29 is 9.59 Å². The second kappa shape index (κ2) is 7.09. The topological polar surface area (TPSA) is 84.9 Å². The molecule has 0 aliphatic heterocycles. The molecule has 0 saturated heterocycles. The lowest BCUT2D eigenvalue weighted by atomic mass is 9.97. The van der Waals surface area contributed by atoms with E-state index in [0.717, 1.165) is 4.47 Å². The molecule has 2 aromatic rings. The minimum Gasteiger partial charge on any atom is -0.305 e. The van der Waals surface area contributed by atoms with Crippen LogP contribution >= 0.6 is 15.9 Å². The number of carbonyl (C=O) groups excluding carboxylic acids is 2. The Kier molecular flexibility index (Phi) is 5.16. The minimum absolute atomic E-state index is 0.0262. The van der Waals surface area contributed by atoms with Crippen LogP contribution in [-0.2, 0) is 11.2 Å². The summed E-state index contributed by atoms with van der Waals surface area (Å²) in [7, 11) is 0. The summed E-state index contributed by atoms with van der Waals surface area (Å²) in [6, 6.07) is 12.1. The summed E-state index contributed by atoms with van der Waals surface area (Å²) >= 11 is 3.33. The number of carbonyl (C=O) groups is 2. The van der Waals surface area contributed by atoms with Crippen LogP contribution in [0.3, 0.4) is 0 Å². The minimum atomic E-state index is -0.194. The van der Waals surface area contributed by atoms with Gasteiger partial charge in [0.25, 0.3) is 0 Å². The Balaban J connectivity index is 2.51. The lowest BCUT2D eigenvalue weighted by Gasteiger charge is -2.09. The fourth-order valence-electron chi connectivity index (χ4n) is 2.12. The third kappa shape index (κ3) is 3.65. The molecule has 0 aliphatic carbocycles. The molecule has 6 heteroatoms. The Morgan fingerprint density at radius 2 is 1.82 bits per heavy atom. The van der Waals surface area contributed by atoms with Gasteiger partial charge in [-0.2, -0.15) is 0 Å². The van der Waals surface area contributed by atoms with Crippen LogP contribution in [0.2, 0.25) is 0 Å². The Morgan fingerprint density at radius 1 is 1.14 bits per heavy atom. The van der Waals surface area contributed by atoms with Gasteiger partial charge in [-0.25, -0.2) is 0 Å². The molecule has 0 aliphatic rings. The van der Waals surface area contributed by atoms with Crippen LogP contribution in [0.15, 0.2) is 57.3 Å². The second-order valence-corrected chi connectivity index (χ2v) is 5.66. The summed E-state index contributed by atoms with van der Waals surface area (Å²) in [4.78, 5) is 24.0. The first-order chi connectivity index (χ1) is 10.5. The Morgan fingerprint density at radius 3 is 2.41 bits per heavy atom. The van der Waals surface area contributed by atoms with Gasteiger partial charge in [0.2, 0.25) is 0 Å². The number of nitrogens with two attached hydrogens (primary N) is 1. The number of hydrogen-bond donors (Lipinski definition) is 1. The predicted molar refractivity (Wildman–Crippen MR) is 87.1 cm³/mol. The van der Waals surface area contributed by atoms with Gasteiger partial charge in [-0.3, -0.25) is 9.59 Å². The van der Waals surface area contributed by atoms with E-state index >= 15 is 0 Å². The molecule has 0 spiro atoms. The van der Waals surface area contributed by atoms with Gasteiger partial charge in [0.1, 0.15) is 11.5 Å². The summed E-state index contributed by atoms with van der Waals surface area (Å²) in [6.45, 7) is 1.48. The van der Waals surface area contributed by atoms with Crippen molar-refractivity contribution in [2.45, 2.75) is 13.3 Å². The lowest BCUT2D eigenvalue weighted by Crippen LogP contribution is -2.05. The largest absolute Gasteiger partial charge is 0.305 e. The van der Waals surface area contributed by atoms with Crippen LogP contribution in [-0.4, -0.2) is 11.6 Å². The first-order valence-corrected chi connectivity index (χ1v) is 7.34. The normalized spacial score (nSPS) is 10.8. The van der Waals surface area contributed by atoms with Gasteiger partial charge in [0, 0.05) is 16.5 Å². The summed E-state index contributed by atoms with van der Waals surface area (Å²) in [5, 5.41) is 7.12. The van der Waals surface area contributed by atoms with Crippen molar-refractivity contribution in [2.75, 3.05) is 0 Å². The van der Waals surface area contributed by atoms with Crippen molar-refractivity contribution in [2.24, 2.45) is 16.2 Å². The van der Waals surface area contributed by atoms with Gasteiger partial charge in [0.05, 0.1) is 5.56 Å². The van der Waals surface area contributed by atoms with Crippen molar-refractivity contribution in [3.63, 3.8) is 0 Å². The molecular weight excluding hydrogens is 346 g/mol. The maximum Gasteiger partial charge on any atom is 0.195 e.